The molecule has 0 unspecified atom stereocenters. The Balaban J connectivity index is 1.55. The molecule has 4 N–H and O–H groups in total. The number of nitrogens with one attached hydrogen (secondary N) is 3. The fourth-order valence-electron chi connectivity index (χ4n) is 5.37. The van der Waals surface area contributed by atoms with Crippen LogP contribution in [0.5, 0.6) is 0 Å². The summed E-state index contributed by atoms with van der Waals surface area (Å²) < 4.78 is 1.93. The summed E-state index contributed by atoms with van der Waals surface area (Å²) in [4.78, 5) is 20.9. The van der Waals surface area contributed by atoms with Gasteiger partial charge in [-0.05, 0) is 93.4 Å². The average Bonchev–Trinajstić information content (AvgIpc) is 3.44. The number of carbonyl (C=O) groups is 1. The molecule has 3 aromatic heterocycles. The lowest BCUT2D eigenvalue weighted by Gasteiger charge is -2.23. The third-order valence-electron chi connectivity index (χ3n) is 7.19. The molecule has 0 saturated carbocycles. The SMILES string of the molecule is Cc1cc(-c2[nH]c3ccc(C4CCNCC4)cc3c2C(C)C)cn2cc(C(=O)NCC(C)(C)O)nc12. The van der Waals surface area contributed by atoms with Crippen LogP contribution in [0.2, 0.25) is 0 Å². The van der Waals surface area contributed by atoms with Gasteiger partial charge >= 0.3 is 0 Å². The van der Waals surface area contributed by atoms with Crippen LogP contribution in [0.4, 0.5) is 0 Å². The van der Waals surface area contributed by atoms with E-state index >= 15 is 0 Å². The first-order valence-electron chi connectivity index (χ1n) is 13.0. The van der Waals surface area contributed by atoms with Gasteiger partial charge in [0.2, 0.25) is 0 Å². The molecule has 190 valence electrons. The molecule has 1 aliphatic rings. The largest absolute Gasteiger partial charge is 0.389 e. The Labute approximate surface area is 212 Å². The van der Waals surface area contributed by atoms with Crippen LogP contribution in [-0.4, -0.2) is 50.6 Å². The van der Waals surface area contributed by atoms with Gasteiger partial charge < -0.3 is 25.1 Å². The molecule has 7 heteroatoms. The van der Waals surface area contributed by atoms with E-state index in [1.54, 1.807) is 20.0 Å². The minimum absolute atomic E-state index is 0.163. The molecule has 1 saturated heterocycles. The summed E-state index contributed by atoms with van der Waals surface area (Å²) in [6.07, 6.45) is 6.18. The zero-order valence-corrected chi connectivity index (χ0v) is 21.9. The number of hydrogen-bond acceptors (Lipinski definition) is 4. The summed E-state index contributed by atoms with van der Waals surface area (Å²) in [5.41, 5.74) is 7.21. The van der Waals surface area contributed by atoms with Gasteiger partial charge in [0.15, 0.2) is 0 Å². The maximum absolute atomic E-state index is 12.6. The van der Waals surface area contributed by atoms with Gasteiger partial charge in [0.05, 0.1) is 11.3 Å². The number of aromatic nitrogens is 3. The summed E-state index contributed by atoms with van der Waals surface area (Å²) in [5, 5.41) is 17.5. The van der Waals surface area contributed by atoms with Crippen LogP contribution in [0, 0.1) is 6.92 Å². The van der Waals surface area contributed by atoms with Crippen molar-refractivity contribution in [2.45, 2.75) is 64.9 Å². The molecule has 0 aliphatic carbocycles. The third-order valence-corrected chi connectivity index (χ3v) is 7.19. The van der Waals surface area contributed by atoms with Crippen LogP contribution < -0.4 is 10.6 Å². The average molecular weight is 488 g/mol. The molecule has 1 aliphatic heterocycles. The predicted octanol–water partition coefficient (Wildman–Crippen LogP) is 4.88. The van der Waals surface area contributed by atoms with Gasteiger partial charge in [-0.15, -0.1) is 0 Å². The summed E-state index contributed by atoms with van der Waals surface area (Å²) in [7, 11) is 0. The van der Waals surface area contributed by atoms with Crippen molar-refractivity contribution in [3.05, 3.63) is 59.0 Å². The van der Waals surface area contributed by atoms with Crippen LogP contribution in [0.15, 0.2) is 36.7 Å². The Morgan fingerprint density at radius 2 is 1.97 bits per heavy atom. The van der Waals surface area contributed by atoms with Crippen molar-refractivity contribution < 1.29 is 9.90 Å². The van der Waals surface area contributed by atoms with Crippen molar-refractivity contribution in [1.29, 1.82) is 0 Å². The van der Waals surface area contributed by atoms with Gasteiger partial charge in [0, 0.05) is 35.4 Å². The first-order valence-corrected chi connectivity index (χ1v) is 13.0. The van der Waals surface area contributed by atoms with Crippen molar-refractivity contribution in [2.75, 3.05) is 19.6 Å². The molecular formula is C29H37N5O2. The van der Waals surface area contributed by atoms with E-state index < -0.39 is 5.60 Å². The van der Waals surface area contributed by atoms with Gasteiger partial charge in [-0.1, -0.05) is 19.9 Å². The molecule has 1 fully saturated rings. The number of H-pyrrole nitrogens is 1. The standard InChI is InChI=1S/C29H37N5O2/c1-17(2)25-22-13-20(19-8-10-30-11-9-19)6-7-23(22)32-26(25)21-12-18(3)27-33-24(15-34(27)14-21)28(35)31-16-29(4,5)36/h6-7,12-15,17,19,30,32,36H,8-11,16H2,1-5H3,(H,31,35). The van der Waals surface area contributed by atoms with Crippen molar-refractivity contribution in [1.82, 2.24) is 25.0 Å². The topological polar surface area (TPSA) is 94.5 Å². The van der Waals surface area contributed by atoms with Crippen LogP contribution >= 0.6 is 0 Å². The molecule has 4 aromatic rings. The molecule has 36 heavy (non-hydrogen) atoms. The monoisotopic (exact) mass is 487 g/mol. The highest BCUT2D eigenvalue weighted by Gasteiger charge is 2.22. The van der Waals surface area contributed by atoms with E-state index in [2.05, 4.69) is 58.7 Å². The number of aromatic amines is 1. The number of rotatable bonds is 6. The Hall–Kier alpha value is -3.16. The van der Waals surface area contributed by atoms with Crippen LogP contribution in [0.1, 0.15) is 79.6 Å². The molecule has 5 rings (SSSR count). The minimum Gasteiger partial charge on any atom is -0.389 e. The summed E-state index contributed by atoms with van der Waals surface area (Å²) in [5.74, 6) is 0.666. The number of imidazole rings is 1. The second-order valence-electron chi connectivity index (χ2n) is 11.2. The molecule has 0 radical (unpaired) electrons. The Bertz CT molecular complexity index is 1420. The van der Waals surface area contributed by atoms with Gasteiger partial charge in [-0.25, -0.2) is 4.98 Å². The number of pyridine rings is 1. The molecule has 0 spiro atoms. The zero-order valence-electron chi connectivity index (χ0n) is 21.9. The highest BCUT2D eigenvalue weighted by Crippen LogP contribution is 2.38. The van der Waals surface area contributed by atoms with Crippen molar-refractivity contribution >= 4 is 22.5 Å². The molecule has 4 heterocycles. The summed E-state index contributed by atoms with van der Waals surface area (Å²) in [6, 6.07) is 9.06. The van der Waals surface area contributed by atoms with E-state index in [9.17, 15) is 9.90 Å². The molecule has 0 bridgehead atoms. The second kappa shape index (κ2) is 9.37. The van der Waals surface area contributed by atoms with E-state index in [1.165, 1.54) is 29.4 Å². The van der Waals surface area contributed by atoms with E-state index in [4.69, 9.17) is 0 Å². The number of benzene rings is 1. The fourth-order valence-corrected chi connectivity index (χ4v) is 5.37. The maximum atomic E-state index is 12.6. The smallest absolute Gasteiger partial charge is 0.271 e. The highest BCUT2D eigenvalue weighted by molar-refractivity contribution is 5.94. The van der Waals surface area contributed by atoms with Gasteiger partial charge in [0.25, 0.3) is 5.91 Å². The molecule has 0 atom stereocenters. The van der Waals surface area contributed by atoms with Crippen LogP contribution in [0.25, 0.3) is 27.8 Å². The maximum Gasteiger partial charge on any atom is 0.271 e. The Kier molecular flexibility index (Phi) is 6.39. The fraction of sp³-hybridized carbons (Fsp3) is 0.448. The Morgan fingerprint density at radius 1 is 1.22 bits per heavy atom. The number of nitrogens with zero attached hydrogens (tertiary/aromatic N) is 2. The molecule has 1 amide bonds. The summed E-state index contributed by atoms with van der Waals surface area (Å²) in [6.45, 7) is 12.2. The van der Waals surface area contributed by atoms with Gasteiger partial charge in [0.1, 0.15) is 11.3 Å². The quantitative estimate of drug-likeness (QED) is 0.312. The Morgan fingerprint density at radius 3 is 2.67 bits per heavy atom. The lowest BCUT2D eigenvalue weighted by atomic mass is 9.88. The summed E-state index contributed by atoms with van der Waals surface area (Å²) >= 11 is 0. The first kappa shape index (κ1) is 24.5. The van der Waals surface area contributed by atoms with Crippen molar-refractivity contribution in [3.63, 3.8) is 0 Å². The lowest BCUT2D eigenvalue weighted by Crippen LogP contribution is -2.38. The third kappa shape index (κ3) is 4.77. The van der Waals surface area contributed by atoms with E-state index in [1.807, 2.05) is 17.5 Å². The lowest BCUT2D eigenvalue weighted by molar-refractivity contribution is 0.0692. The van der Waals surface area contributed by atoms with Crippen LogP contribution in [0.3, 0.4) is 0 Å². The minimum atomic E-state index is -0.978. The number of amides is 1. The number of aryl methyl sites for hydroxylation is 1. The first-order chi connectivity index (χ1) is 17.1. The predicted molar refractivity (Wildman–Crippen MR) is 145 cm³/mol. The van der Waals surface area contributed by atoms with Crippen molar-refractivity contribution in [2.24, 2.45) is 0 Å². The molecule has 7 nitrogen and oxygen atoms in total. The highest BCUT2D eigenvalue weighted by atomic mass is 16.3. The number of aliphatic hydroxyl groups is 1. The second-order valence-corrected chi connectivity index (χ2v) is 11.2. The van der Waals surface area contributed by atoms with Gasteiger partial charge in [-0.3, -0.25) is 4.79 Å². The molecule has 1 aromatic carbocycles. The number of hydrogen-bond donors (Lipinski definition) is 4. The van der Waals surface area contributed by atoms with E-state index in [-0.39, 0.29) is 12.5 Å². The normalized spacial score (nSPS) is 15.3. The van der Waals surface area contributed by atoms with Gasteiger partial charge in [-0.2, -0.15) is 0 Å². The van der Waals surface area contributed by atoms with Crippen LogP contribution in [-0.2, 0) is 0 Å². The number of carbonyl (C=O) groups excluding carboxylic acids is 1. The number of piperidine rings is 1. The van der Waals surface area contributed by atoms with E-state index in [0.717, 1.165) is 41.1 Å². The van der Waals surface area contributed by atoms with Crippen molar-refractivity contribution in [3.8, 4) is 11.3 Å². The number of fused-ring (bicyclic) bond motifs is 2. The van der Waals surface area contributed by atoms with E-state index in [0.29, 0.717) is 17.5 Å². The molecular weight excluding hydrogens is 450 g/mol. The zero-order chi connectivity index (χ0) is 25.6.